The van der Waals surface area contributed by atoms with Crippen LogP contribution >= 0.6 is 0 Å². The van der Waals surface area contributed by atoms with Crippen LogP contribution in [0.1, 0.15) is 67.2 Å². The Hall–Kier alpha value is -3.30. The maximum atomic E-state index is 13.8. The lowest BCUT2D eigenvalue weighted by atomic mass is 10.0. The van der Waals surface area contributed by atoms with Gasteiger partial charge in [-0.2, -0.15) is 0 Å². The lowest BCUT2D eigenvalue weighted by Gasteiger charge is -2.42. The van der Waals surface area contributed by atoms with Gasteiger partial charge in [0, 0.05) is 30.9 Å². The molecule has 0 aliphatic carbocycles. The molecule has 2 amide bonds. The molecule has 9 heteroatoms. The minimum atomic E-state index is -0.824. The van der Waals surface area contributed by atoms with Gasteiger partial charge in [-0.3, -0.25) is 14.4 Å². The number of hydrogen-bond acceptors (Lipinski definition) is 5. The van der Waals surface area contributed by atoms with Crippen LogP contribution in [-0.2, 0) is 14.4 Å². The molecular weight excluding hydrogens is 499 g/mol. The fourth-order valence-corrected chi connectivity index (χ4v) is 5.24. The number of nitrogens with one attached hydrogen (secondary N) is 2. The van der Waals surface area contributed by atoms with Crippen molar-refractivity contribution in [1.82, 2.24) is 10.0 Å². The largest absolute Gasteiger partial charge is 0.481 e. The third-order valence-corrected chi connectivity index (χ3v) is 7.26. The fraction of sp³-hybridized carbons (Fsp3) is 0.500. The highest BCUT2D eigenvalue weighted by atomic mass is 19.1. The van der Waals surface area contributed by atoms with Crippen LogP contribution in [-0.4, -0.2) is 58.6 Å². The van der Waals surface area contributed by atoms with E-state index < -0.39 is 12.0 Å². The number of unbranched alkanes of at least 4 members (excludes halogenated alkanes) is 2. The number of carbonyl (C=O) groups is 3. The van der Waals surface area contributed by atoms with E-state index in [2.05, 4.69) is 10.6 Å². The smallest absolute Gasteiger partial charge is 0.303 e. The molecule has 2 aromatic carbocycles. The lowest BCUT2D eigenvalue weighted by molar-refractivity contribution is -0.141. The van der Waals surface area contributed by atoms with Gasteiger partial charge in [-0.1, -0.05) is 24.6 Å². The maximum absolute atomic E-state index is 13.8. The van der Waals surface area contributed by atoms with Gasteiger partial charge in [0.2, 0.25) is 11.8 Å². The Morgan fingerprint density at radius 2 is 1.59 bits per heavy atom. The van der Waals surface area contributed by atoms with Crippen molar-refractivity contribution in [3.63, 3.8) is 0 Å². The van der Waals surface area contributed by atoms with Gasteiger partial charge in [0.1, 0.15) is 11.9 Å². The number of nitrogens with zero attached hydrogens (tertiary/aromatic N) is 2. The lowest BCUT2D eigenvalue weighted by Crippen LogP contribution is -2.57. The highest BCUT2D eigenvalue weighted by Crippen LogP contribution is 2.25. The summed E-state index contributed by atoms with van der Waals surface area (Å²) in [5, 5.41) is 19.0. The van der Waals surface area contributed by atoms with E-state index in [1.54, 1.807) is 13.8 Å². The van der Waals surface area contributed by atoms with E-state index in [-0.39, 0.29) is 30.6 Å². The van der Waals surface area contributed by atoms with Crippen LogP contribution in [0.25, 0.3) is 0 Å². The maximum Gasteiger partial charge on any atom is 0.303 e. The standard InChI is InChI=1S/C30H41FN4O4/c1-20-11-10-12-21(2)28(20)33-30(39)25-13-7-9-16-35(25)34(15-8-5-6-14-27(37)38)19-26(36)32-29-22(3)17-24(31)18-23(29)4/h10-12,17-18,25H,5-9,13-16,19H2,1-4H3,(H,32,36)(H,33,39)(H,37,38). The molecule has 1 aliphatic rings. The van der Waals surface area contributed by atoms with Crippen molar-refractivity contribution in [3.8, 4) is 0 Å². The summed E-state index contributed by atoms with van der Waals surface area (Å²) >= 11 is 0. The molecule has 212 valence electrons. The summed E-state index contributed by atoms with van der Waals surface area (Å²) in [6.07, 6.45) is 4.54. The van der Waals surface area contributed by atoms with Crippen molar-refractivity contribution >= 4 is 29.2 Å². The summed E-state index contributed by atoms with van der Waals surface area (Å²) in [4.78, 5) is 37.7. The van der Waals surface area contributed by atoms with Crippen LogP contribution in [0.2, 0.25) is 0 Å². The molecule has 3 rings (SSSR count). The molecule has 8 nitrogen and oxygen atoms in total. The Kier molecular flexibility index (Phi) is 11.0. The number of carboxylic acids is 1. The minimum Gasteiger partial charge on any atom is -0.481 e. The quantitative estimate of drug-likeness (QED) is 0.314. The molecule has 0 bridgehead atoms. The van der Waals surface area contributed by atoms with Crippen LogP contribution in [0, 0.1) is 33.5 Å². The number of aryl methyl sites for hydroxylation is 4. The molecule has 1 unspecified atom stereocenters. The third kappa shape index (κ3) is 8.60. The fourth-order valence-electron chi connectivity index (χ4n) is 5.24. The predicted molar refractivity (Wildman–Crippen MR) is 151 cm³/mol. The Morgan fingerprint density at radius 1 is 0.949 bits per heavy atom. The third-order valence-electron chi connectivity index (χ3n) is 7.26. The summed E-state index contributed by atoms with van der Waals surface area (Å²) in [6, 6.07) is 8.24. The summed E-state index contributed by atoms with van der Waals surface area (Å²) in [5.41, 5.74) is 4.67. The first-order valence-electron chi connectivity index (χ1n) is 13.7. The zero-order valence-electron chi connectivity index (χ0n) is 23.5. The van der Waals surface area contributed by atoms with Crippen molar-refractivity contribution in [2.45, 2.75) is 78.7 Å². The summed E-state index contributed by atoms with van der Waals surface area (Å²) in [5.74, 6) is -1.53. The van der Waals surface area contributed by atoms with Gasteiger partial charge in [-0.25, -0.2) is 14.4 Å². The van der Waals surface area contributed by atoms with Crippen molar-refractivity contribution in [3.05, 3.63) is 58.4 Å². The van der Waals surface area contributed by atoms with Crippen molar-refractivity contribution in [2.24, 2.45) is 0 Å². The molecule has 0 radical (unpaired) electrons. The molecule has 1 saturated heterocycles. The monoisotopic (exact) mass is 540 g/mol. The second-order valence-corrected chi connectivity index (χ2v) is 10.5. The molecule has 39 heavy (non-hydrogen) atoms. The number of carboxylic acid groups (broad SMARTS) is 1. The predicted octanol–water partition coefficient (Wildman–Crippen LogP) is 5.35. The van der Waals surface area contributed by atoms with E-state index in [0.29, 0.717) is 55.6 Å². The zero-order valence-corrected chi connectivity index (χ0v) is 23.5. The van der Waals surface area contributed by atoms with Gasteiger partial charge < -0.3 is 15.7 Å². The Morgan fingerprint density at radius 3 is 2.23 bits per heavy atom. The Labute approximate surface area is 230 Å². The van der Waals surface area contributed by atoms with E-state index in [1.165, 1.54) is 12.1 Å². The first-order valence-corrected chi connectivity index (χ1v) is 13.7. The van der Waals surface area contributed by atoms with Gasteiger partial charge in [-0.05, 0) is 94.2 Å². The van der Waals surface area contributed by atoms with Crippen LogP contribution in [0.5, 0.6) is 0 Å². The first kappa shape index (κ1) is 30.2. The van der Waals surface area contributed by atoms with Crippen molar-refractivity contribution in [2.75, 3.05) is 30.3 Å². The minimum absolute atomic E-state index is 0.0301. The molecule has 1 fully saturated rings. The average Bonchev–Trinajstić information content (AvgIpc) is 2.87. The van der Waals surface area contributed by atoms with Crippen LogP contribution < -0.4 is 10.6 Å². The zero-order chi connectivity index (χ0) is 28.5. The van der Waals surface area contributed by atoms with Gasteiger partial charge >= 0.3 is 5.97 Å². The first-order chi connectivity index (χ1) is 18.6. The number of hydrogen-bond donors (Lipinski definition) is 3. The van der Waals surface area contributed by atoms with E-state index in [1.807, 2.05) is 42.1 Å². The molecule has 1 aliphatic heterocycles. The number of halogens is 1. The van der Waals surface area contributed by atoms with E-state index in [4.69, 9.17) is 5.11 Å². The molecule has 0 spiro atoms. The van der Waals surface area contributed by atoms with Gasteiger partial charge in [0.25, 0.3) is 0 Å². The molecule has 1 heterocycles. The molecule has 0 aromatic heterocycles. The topological polar surface area (TPSA) is 102 Å². The molecule has 0 saturated carbocycles. The average molecular weight is 541 g/mol. The second-order valence-electron chi connectivity index (χ2n) is 10.5. The number of amides is 2. The second kappa shape index (κ2) is 14.2. The summed E-state index contributed by atoms with van der Waals surface area (Å²) < 4.78 is 13.8. The number of benzene rings is 2. The number of aliphatic carboxylic acids is 1. The van der Waals surface area contributed by atoms with Crippen LogP contribution in [0.4, 0.5) is 15.8 Å². The number of para-hydroxylation sites is 1. The molecule has 3 N–H and O–H groups in total. The highest BCUT2D eigenvalue weighted by Gasteiger charge is 2.34. The number of carbonyl (C=O) groups excluding carboxylic acids is 2. The number of hydrazine groups is 1. The summed E-state index contributed by atoms with van der Waals surface area (Å²) in [7, 11) is 0. The normalized spacial score (nSPS) is 15.8. The van der Waals surface area contributed by atoms with Crippen molar-refractivity contribution < 1.29 is 23.9 Å². The molecule has 1 atom stereocenters. The number of piperidine rings is 1. The van der Waals surface area contributed by atoms with Gasteiger partial charge in [0.05, 0.1) is 6.54 Å². The Bertz CT molecular complexity index is 1140. The molecule has 2 aromatic rings. The van der Waals surface area contributed by atoms with Crippen LogP contribution in [0.3, 0.4) is 0 Å². The van der Waals surface area contributed by atoms with Crippen LogP contribution in [0.15, 0.2) is 30.3 Å². The SMILES string of the molecule is Cc1cc(F)cc(C)c1NC(=O)CN(CCCCCC(=O)O)N1CCCCC1C(=O)Nc1c(C)cccc1C. The summed E-state index contributed by atoms with van der Waals surface area (Å²) in [6.45, 7) is 8.63. The van der Waals surface area contributed by atoms with E-state index in [0.717, 1.165) is 29.7 Å². The molecular formula is C30H41FN4O4. The van der Waals surface area contributed by atoms with Crippen molar-refractivity contribution in [1.29, 1.82) is 0 Å². The van der Waals surface area contributed by atoms with Gasteiger partial charge in [0.15, 0.2) is 0 Å². The highest BCUT2D eigenvalue weighted by molar-refractivity contribution is 5.96. The Balaban J connectivity index is 1.78. The number of anilines is 2. The van der Waals surface area contributed by atoms with Gasteiger partial charge in [-0.15, -0.1) is 0 Å². The number of rotatable bonds is 12. The van der Waals surface area contributed by atoms with E-state index in [9.17, 15) is 18.8 Å². The van der Waals surface area contributed by atoms with E-state index >= 15 is 0 Å².